The van der Waals surface area contributed by atoms with Crippen molar-refractivity contribution < 1.29 is 4.74 Å². The molecule has 4 heteroatoms. The van der Waals surface area contributed by atoms with Gasteiger partial charge in [0.1, 0.15) is 0 Å². The van der Waals surface area contributed by atoms with Gasteiger partial charge in [0.2, 0.25) is 0 Å². The lowest BCUT2D eigenvalue weighted by atomic mass is 9.92. The van der Waals surface area contributed by atoms with Crippen molar-refractivity contribution in [2.75, 3.05) is 13.1 Å². The van der Waals surface area contributed by atoms with Gasteiger partial charge in [-0.15, -0.1) is 0 Å². The maximum absolute atomic E-state index is 5.98. The van der Waals surface area contributed by atoms with Gasteiger partial charge in [0.05, 0.1) is 18.4 Å². The highest BCUT2D eigenvalue weighted by Crippen LogP contribution is 2.33. The fourth-order valence-electron chi connectivity index (χ4n) is 3.19. The quantitative estimate of drug-likeness (QED) is 0.776. The van der Waals surface area contributed by atoms with E-state index in [0.717, 1.165) is 19.0 Å². The number of aromatic nitrogens is 2. The Hall–Kier alpha value is -0.870. The molecular weight excluding hydrogens is 214 g/mol. The van der Waals surface area contributed by atoms with Crippen molar-refractivity contribution in [2.45, 2.75) is 38.5 Å². The van der Waals surface area contributed by atoms with Crippen molar-refractivity contribution in [1.29, 1.82) is 0 Å². The molecule has 0 unspecified atom stereocenters. The van der Waals surface area contributed by atoms with Crippen LogP contribution in [-0.4, -0.2) is 40.0 Å². The second-order valence-corrected chi connectivity index (χ2v) is 5.53. The van der Waals surface area contributed by atoms with E-state index in [1.54, 1.807) is 0 Å². The molecule has 3 atom stereocenters. The molecule has 0 saturated carbocycles. The predicted octanol–water partition coefficient (Wildman–Crippen LogP) is 1.42. The van der Waals surface area contributed by atoms with Crippen LogP contribution in [0.5, 0.6) is 0 Å². The molecule has 0 aromatic carbocycles. The van der Waals surface area contributed by atoms with Gasteiger partial charge in [0.25, 0.3) is 0 Å². The number of likely N-dealkylation sites (tertiary alicyclic amines) is 1. The highest BCUT2D eigenvalue weighted by Gasteiger charge is 2.37. The number of hydrogen-bond acceptors (Lipinski definition) is 3. The molecule has 2 aliphatic heterocycles. The Labute approximate surface area is 103 Å². The summed E-state index contributed by atoms with van der Waals surface area (Å²) in [7, 11) is 1.97. The lowest BCUT2D eigenvalue weighted by Crippen LogP contribution is -2.41. The molecule has 0 bridgehead atoms. The molecule has 1 aromatic rings. The maximum Gasteiger partial charge on any atom is 0.0735 e. The number of rotatable bonds is 2. The van der Waals surface area contributed by atoms with Crippen molar-refractivity contribution in [2.24, 2.45) is 13.0 Å². The first-order chi connectivity index (χ1) is 8.20. The van der Waals surface area contributed by atoms with Crippen molar-refractivity contribution in [3.05, 3.63) is 18.0 Å². The summed E-state index contributed by atoms with van der Waals surface area (Å²) in [4.78, 5) is 2.50. The highest BCUT2D eigenvalue weighted by atomic mass is 16.5. The van der Waals surface area contributed by atoms with E-state index in [1.165, 1.54) is 24.9 Å². The normalized spacial score (nSPS) is 33.9. The van der Waals surface area contributed by atoms with Gasteiger partial charge in [-0.1, -0.05) is 0 Å². The van der Waals surface area contributed by atoms with E-state index < -0.39 is 0 Å². The molecule has 0 aliphatic carbocycles. The smallest absolute Gasteiger partial charge is 0.0735 e. The monoisotopic (exact) mass is 235 g/mol. The molecule has 94 valence electrons. The van der Waals surface area contributed by atoms with Crippen LogP contribution in [0.15, 0.2) is 12.4 Å². The van der Waals surface area contributed by atoms with Crippen molar-refractivity contribution in [3.8, 4) is 0 Å². The van der Waals surface area contributed by atoms with E-state index in [0.29, 0.717) is 12.2 Å². The molecular formula is C13H21N3O. The first-order valence-corrected chi connectivity index (χ1v) is 6.56. The third-order valence-electron chi connectivity index (χ3n) is 3.99. The third kappa shape index (κ3) is 2.38. The SMILES string of the molecule is C[C@H]1C[C@@H]2CCN(Cc3cnn(C)c3)C[C@H]2O1. The Morgan fingerprint density at radius 1 is 1.53 bits per heavy atom. The Balaban J connectivity index is 1.59. The third-order valence-corrected chi connectivity index (χ3v) is 3.99. The molecule has 2 saturated heterocycles. The zero-order valence-corrected chi connectivity index (χ0v) is 10.7. The first-order valence-electron chi connectivity index (χ1n) is 6.56. The summed E-state index contributed by atoms with van der Waals surface area (Å²) in [6.45, 7) is 5.49. The Morgan fingerprint density at radius 2 is 2.41 bits per heavy atom. The molecule has 3 rings (SSSR count). The number of piperidine rings is 1. The molecule has 3 heterocycles. The summed E-state index contributed by atoms with van der Waals surface area (Å²) in [6, 6.07) is 0. The standard InChI is InChI=1S/C13H21N3O/c1-10-5-12-3-4-16(9-13(12)17-10)8-11-6-14-15(2)7-11/h6-7,10,12-13H,3-5,8-9H2,1-2H3/t10-,12-,13+/m0/s1. The van der Waals surface area contributed by atoms with E-state index in [4.69, 9.17) is 4.74 Å². The second-order valence-electron chi connectivity index (χ2n) is 5.53. The first kappa shape index (κ1) is 11.2. The predicted molar refractivity (Wildman–Crippen MR) is 65.5 cm³/mol. The van der Waals surface area contributed by atoms with Crippen LogP contribution in [0.2, 0.25) is 0 Å². The Bertz CT molecular complexity index is 390. The van der Waals surface area contributed by atoms with Gasteiger partial charge in [0, 0.05) is 31.9 Å². The van der Waals surface area contributed by atoms with Crippen LogP contribution in [-0.2, 0) is 18.3 Å². The molecule has 4 nitrogen and oxygen atoms in total. The summed E-state index contributed by atoms with van der Waals surface area (Å²) in [6.07, 6.45) is 7.54. The molecule has 17 heavy (non-hydrogen) atoms. The molecule has 2 fully saturated rings. The van der Waals surface area contributed by atoms with Crippen molar-refractivity contribution in [3.63, 3.8) is 0 Å². The second kappa shape index (κ2) is 4.42. The number of fused-ring (bicyclic) bond motifs is 1. The van der Waals surface area contributed by atoms with Crippen LogP contribution in [0.3, 0.4) is 0 Å². The topological polar surface area (TPSA) is 30.3 Å². The van der Waals surface area contributed by atoms with E-state index in [-0.39, 0.29) is 0 Å². The Morgan fingerprint density at radius 3 is 3.18 bits per heavy atom. The number of ether oxygens (including phenoxy) is 1. The fourth-order valence-corrected chi connectivity index (χ4v) is 3.19. The zero-order chi connectivity index (χ0) is 11.8. The van der Waals surface area contributed by atoms with Crippen LogP contribution in [0.1, 0.15) is 25.3 Å². The molecule has 0 spiro atoms. The molecule has 1 aromatic heterocycles. The minimum atomic E-state index is 0.461. The minimum Gasteiger partial charge on any atom is -0.374 e. The molecule has 0 radical (unpaired) electrons. The number of nitrogens with zero attached hydrogens (tertiary/aromatic N) is 3. The van der Waals surface area contributed by atoms with E-state index in [1.807, 2.05) is 17.9 Å². The molecule has 0 N–H and O–H groups in total. The lowest BCUT2D eigenvalue weighted by Gasteiger charge is -2.33. The van der Waals surface area contributed by atoms with Gasteiger partial charge in [0.15, 0.2) is 0 Å². The maximum atomic E-state index is 5.98. The summed E-state index contributed by atoms with van der Waals surface area (Å²) >= 11 is 0. The number of hydrogen-bond donors (Lipinski definition) is 0. The average molecular weight is 235 g/mol. The summed E-state index contributed by atoms with van der Waals surface area (Å²) in [5.74, 6) is 0.801. The summed E-state index contributed by atoms with van der Waals surface area (Å²) in [5.41, 5.74) is 1.30. The lowest BCUT2D eigenvalue weighted by molar-refractivity contribution is -0.00276. The van der Waals surface area contributed by atoms with Gasteiger partial charge in [-0.3, -0.25) is 9.58 Å². The van der Waals surface area contributed by atoms with Crippen LogP contribution in [0, 0.1) is 5.92 Å². The zero-order valence-electron chi connectivity index (χ0n) is 10.7. The summed E-state index contributed by atoms with van der Waals surface area (Å²) < 4.78 is 7.85. The van der Waals surface area contributed by atoms with Crippen LogP contribution >= 0.6 is 0 Å². The Kier molecular flexibility index (Phi) is 2.92. The van der Waals surface area contributed by atoms with Gasteiger partial charge >= 0.3 is 0 Å². The van der Waals surface area contributed by atoms with Crippen LogP contribution in [0.4, 0.5) is 0 Å². The van der Waals surface area contributed by atoms with Gasteiger partial charge in [-0.25, -0.2) is 0 Å². The van der Waals surface area contributed by atoms with Crippen molar-refractivity contribution >= 4 is 0 Å². The summed E-state index contributed by atoms with van der Waals surface area (Å²) in [5, 5.41) is 4.22. The van der Waals surface area contributed by atoms with Gasteiger partial charge < -0.3 is 4.74 Å². The average Bonchev–Trinajstić information content (AvgIpc) is 2.83. The van der Waals surface area contributed by atoms with E-state index in [2.05, 4.69) is 23.1 Å². The largest absolute Gasteiger partial charge is 0.374 e. The highest BCUT2D eigenvalue weighted by molar-refractivity contribution is 5.04. The number of aryl methyl sites for hydroxylation is 1. The van der Waals surface area contributed by atoms with Gasteiger partial charge in [-0.05, 0) is 32.2 Å². The van der Waals surface area contributed by atoms with Gasteiger partial charge in [-0.2, -0.15) is 5.10 Å². The van der Waals surface area contributed by atoms with Crippen molar-refractivity contribution in [1.82, 2.24) is 14.7 Å². The molecule has 2 aliphatic rings. The van der Waals surface area contributed by atoms with E-state index >= 15 is 0 Å². The van der Waals surface area contributed by atoms with Crippen LogP contribution < -0.4 is 0 Å². The molecule has 0 amide bonds. The van der Waals surface area contributed by atoms with E-state index in [9.17, 15) is 0 Å². The fraction of sp³-hybridized carbons (Fsp3) is 0.769. The minimum absolute atomic E-state index is 0.461. The van der Waals surface area contributed by atoms with Crippen LogP contribution in [0.25, 0.3) is 0 Å².